The summed E-state index contributed by atoms with van der Waals surface area (Å²) < 4.78 is 0. The third kappa shape index (κ3) is 5.22. The van der Waals surface area contributed by atoms with Crippen molar-refractivity contribution in [2.75, 3.05) is 11.9 Å². The van der Waals surface area contributed by atoms with E-state index in [9.17, 15) is 14.7 Å². The highest BCUT2D eigenvalue weighted by Crippen LogP contribution is 2.26. The summed E-state index contributed by atoms with van der Waals surface area (Å²) in [5, 5.41) is 15.1. The Kier molecular flexibility index (Phi) is 5.69. The Hall–Kier alpha value is -2.53. The molecule has 2 rings (SSSR count). The van der Waals surface area contributed by atoms with Crippen molar-refractivity contribution in [3.05, 3.63) is 58.6 Å². The maximum Gasteiger partial charge on any atom is 0.251 e. The third-order valence-corrected chi connectivity index (χ3v) is 3.89. The van der Waals surface area contributed by atoms with Gasteiger partial charge in [0.1, 0.15) is 5.75 Å². The summed E-state index contributed by atoms with van der Waals surface area (Å²) >= 11 is 5.82. The number of hydrogen-bond donors (Lipinski definition) is 3. The molecule has 2 amide bonds. The van der Waals surface area contributed by atoms with Crippen molar-refractivity contribution in [1.82, 2.24) is 5.32 Å². The Morgan fingerprint density at radius 3 is 2.32 bits per heavy atom. The Bertz CT molecular complexity index is 780. The summed E-state index contributed by atoms with van der Waals surface area (Å²) in [6.07, 6.45) is 0. The minimum Gasteiger partial charge on any atom is -0.506 e. The van der Waals surface area contributed by atoms with Gasteiger partial charge in [-0.25, -0.2) is 0 Å². The van der Waals surface area contributed by atoms with Crippen LogP contribution in [0.15, 0.2) is 42.5 Å². The van der Waals surface area contributed by atoms with Crippen LogP contribution >= 0.6 is 11.6 Å². The summed E-state index contributed by atoms with van der Waals surface area (Å²) in [7, 11) is 0. The number of aromatic hydroxyl groups is 1. The maximum atomic E-state index is 12.1. The molecule has 0 unspecified atom stereocenters. The number of carbonyl (C=O) groups excluding carboxylic acids is 2. The van der Waals surface area contributed by atoms with Crippen LogP contribution in [0.25, 0.3) is 0 Å². The third-order valence-electron chi connectivity index (χ3n) is 3.66. The van der Waals surface area contributed by atoms with Crippen molar-refractivity contribution in [3.63, 3.8) is 0 Å². The molecule has 6 heteroatoms. The van der Waals surface area contributed by atoms with Gasteiger partial charge >= 0.3 is 0 Å². The quantitative estimate of drug-likeness (QED) is 0.727. The van der Waals surface area contributed by atoms with Crippen molar-refractivity contribution >= 4 is 29.1 Å². The second-order valence-electron chi connectivity index (χ2n) is 6.72. The predicted molar refractivity (Wildman–Crippen MR) is 99.2 cm³/mol. The van der Waals surface area contributed by atoms with Gasteiger partial charge in [0.25, 0.3) is 5.91 Å². The van der Waals surface area contributed by atoms with Gasteiger partial charge in [-0.1, -0.05) is 44.5 Å². The van der Waals surface area contributed by atoms with E-state index in [0.717, 1.165) is 5.56 Å². The molecule has 2 aromatic rings. The monoisotopic (exact) mass is 360 g/mol. The lowest BCUT2D eigenvalue weighted by atomic mass is 9.87. The van der Waals surface area contributed by atoms with Crippen molar-refractivity contribution < 1.29 is 14.7 Å². The smallest absolute Gasteiger partial charge is 0.251 e. The van der Waals surface area contributed by atoms with Crippen LogP contribution in [0.1, 0.15) is 36.7 Å². The minimum absolute atomic E-state index is 0.00779. The molecule has 0 bridgehead atoms. The van der Waals surface area contributed by atoms with Gasteiger partial charge in [0, 0.05) is 10.6 Å². The van der Waals surface area contributed by atoms with E-state index in [4.69, 9.17) is 11.6 Å². The van der Waals surface area contributed by atoms with Gasteiger partial charge in [-0.3, -0.25) is 9.59 Å². The lowest BCUT2D eigenvalue weighted by Crippen LogP contribution is -2.32. The normalized spacial score (nSPS) is 11.0. The van der Waals surface area contributed by atoms with Gasteiger partial charge in [0.05, 0.1) is 12.2 Å². The lowest BCUT2D eigenvalue weighted by Gasteiger charge is -2.19. The molecule has 5 nitrogen and oxygen atoms in total. The molecule has 25 heavy (non-hydrogen) atoms. The summed E-state index contributed by atoms with van der Waals surface area (Å²) in [5.74, 6) is -0.898. The first kappa shape index (κ1) is 18.8. The molecular formula is C19H21ClN2O3. The zero-order chi connectivity index (χ0) is 18.6. The Morgan fingerprint density at radius 1 is 1.08 bits per heavy atom. The zero-order valence-corrected chi connectivity index (χ0v) is 15.1. The highest BCUT2D eigenvalue weighted by Gasteiger charge is 2.15. The molecule has 0 aliphatic heterocycles. The first-order chi connectivity index (χ1) is 11.7. The number of anilines is 1. The molecule has 2 aromatic carbocycles. The standard InChI is InChI=1S/C19H21ClN2O3/c1-19(2,3)13-6-4-12(5-7-13)18(25)21-11-17(24)22-15-10-14(20)8-9-16(15)23/h4-10,23H,11H2,1-3H3,(H,21,25)(H,22,24). The highest BCUT2D eigenvalue weighted by molar-refractivity contribution is 6.31. The topological polar surface area (TPSA) is 78.4 Å². The number of phenols is 1. The van der Waals surface area contributed by atoms with E-state index in [2.05, 4.69) is 31.4 Å². The largest absolute Gasteiger partial charge is 0.506 e. The molecule has 0 aliphatic rings. The zero-order valence-electron chi connectivity index (χ0n) is 14.4. The summed E-state index contributed by atoms with van der Waals surface area (Å²) in [6, 6.07) is 11.6. The molecule has 0 heterocycles. The SMILES string of the molecule is CC(C)(C)c1ccc(C(=O)NCC(=O)Nc2cc(Cl)ccc2O)cc1. The maximum absolute atomic E-state index is 12.1. The molecule has 0 spiro atoms. The molecule has 0 aromatic heterocycles. The second-order valence-corrected chi connectivity index (χ2v) is 7.16. The number of rotatable bonds is 4. The van der Waals surface area contributed by atoms with E-state index < -0.39 is 5.91 Å². The Labute approximate surface area is 152 Å². The Morgan fingerprint density at radius 2 is 1.72 bits per heavy atom. The van der Waals surface area contributed by atoms with Crippen molar-refractivity contribution in [3.8, 4) is 5.75 Å². The minimum atomic E-state index is -0.461. The predicted octanol–water partition coefficient (Wildman–Crippen LogP) is 3.71. The molecule has 0 aliphatic carbocycles. The fraction of sp³-hybridized carbons (Fsp3) is 0.263. The van der Waals surface area contributed by atoms with E-state index in [1.54, 1.807) is 12.1 Å². The fourth-order valence-electron chi connectivity index (χ4n) is 2.19. The van der Waals surface area contributed by atoms with Crippen LogP contribution < -0.4 is 10.6 Å². The number of hydrogen-bond acceptors (Lipinski definition) is 3. The van der Waals surface area contributed by atoms with E-state index in [0.29, 0.717) is 10.6 Å². The molecular weight excluding hydrogens is 340 g/mol. The van der Waals surface area contributed by atoms with Crippen molar-refractivity contribution in [2.24, 2.45) is 0 Å². The first-order valence-electron chi connectivity index (χ1n) is 7.84. The van der Waals surface area contributed by atoms with Gasteiger partial charge in [-0.15, -0.1) is 0 Å². The first-order valence-corrected chi connectivity index (χ1v) is 8.22. The molecule has 132 valence electrons. The molecule has 0 saturated heterocycles. The number of carbonyl (C=O) groups is 2. The summed E-state index contributed by atoms with van der Waals surface area (Å²) in [4.78, 5) is 24.0. The fourth-order valence-corrected chi connectivity index (χ4v) is 2.36. The van der Waals surface area contributed by atoms with Crippen LogP contribution in [0.2, 0.25) is 5.02 Å². The summed E-state index contributed by atoms with van der Waals surface area (Å²) in [6.45, 7) is 6.07. The van der Waals surface area contributed by atoms with E-state index >= 15 is 0 Å². The van der Waals surface area contributed by atoms with Crippen molar-refractivity contribution in [1.29, 1.82) is 0 Å². The van der Waals surface area contributed by atoms with Crippen LogP contribution in [0.5, 0.6) is 5.75 Å². The van der Waals surface area contributed by atoms with Crippen LogP contribution in [0.3, 0.4) is 0 Å². The van der Waals surface area contributed by atoms with Crippen LogP contribution in [0.4, 0.5) is 5.69 Å². The average Bonchev–Trinajstić information content (AvgIpc) is 2.55. The van der Waals surface area contributed by atoms with E-state index in [1.807, 2.05) is 12.1 Å². The highest BCUT2D eigenvalue weighted by atomic mass is 35.5. The van der Waals surface area contributed by atoms with Gasteiger partial charge in [0.2, 0.25) is 5.91 Å². The van der Waals surface area contributed by atoms with Gasteiger partial charge in [0.15, 0.2) is 0 Å². The number of halogens is 1. The van der Waals surface area contributed by atoms with Crippen LogP contribution in [0, 0.1) is 0 Å². The van der Waals surface area contributed by atoms with Gasteiger partial charge in [-0.05, 0) is 41.3 Å². The molecule has 0 saturated carbocycles. The molecule has 0 radical (unpaired) electrons. The van der Waals surface area contributed by atoms with Gasteiger partial charge < -0.3 is 15.7 Å². The lowest BCUT2D eigenvalue weighted by molar-refractivity contribution is -0.115. The number of benzene rings is 2. The average molecular weight is 361 g/mol. The van der Waals surface area contributed by atoms with E-state index in [-0.39, 0.29) is 29.3 Å². The number of phenolic OH excluding ortho intramolecular Hbond substituents is 1. The van der Waals surface area contributed by atoms with E-state index in [1.165, 1.54) is 18.2 Å². The Balaban J connectivity index is 1.93. The van der Waals surface area contributed by atoms with Crippen molar-refractivity contribution in [2.45, 2.75) is 26.2 Å². The van der Waals surface area contributed by atoms with Crippen LogP contribution in [-0.4, -0.2) is 23.5 Å². The molecule has 3 N–H and O–H groups in total. The summed E-state index contributed by atoms with van der Waals surface area (Å²) in [5.41, 5.74) is 1.80. The van der Waals surface area contributed by atoms with Crippen LogP contribution in [-0.2, 0) is 10.2 Å². The number of amides is 2. The molecule has 0 atom stereocenters. The number of nitrogens with one attached hydrogen (secondary N) is 2. The molecule has 0 fully saturated rings. The van der Waals surface area contributed by atoms with Gasteiger partial charge in [-0.2, -0.15) is 0 Å². The second kappa shape index (κ2) is 7.57.